The molecule has 0 aliphatic rings. The molecule has 6 nitrogen and oxygen atoms in total. The normalized spacial score (nSPS) is 10.6. The van der Waals surface area contributed by atoms with Crippen LogP contribution in [0.1, 0.15) is 12.5 Å². The molecular formula is C20H20ClN3O3. The zero-order valence-corrected chi connectivity index (χ0v) is 15.8. The van der Waals surface area contributed by atoms with Crippen LogP contribution in [0, 0.1) is 0 Å². The standard InChI is InChI=1S/C20H20ClN3O3/c1-12(25)23-16-5-3-4-15(10-16)22-7-6-13-8-14-9-17(21)19(27-2)11-18(14)24-20(13)26/h3-5,8-11,22H,6-7H2,1-2H3,(H,23,25)(H,24,26). The van der Waals surface area contributed by atoms with Gasteiger partial charge in [0.05, 0.1) is 17.6 Å². The molecule has 0 aliphatic carbocycles. The molecule has 1 heterocycles. The van der Waals surface area contributed by atoms with Crippen molar-refractivity contribution in [2.24, 2.45) is 0 Å². The number of carbonyl (C=O) groups excluding carboxylic acids is 1. The molecule has 3 aromatic rings. The largest absolute Gasteiger partial charge is 0.495 e. The Morgan fingerprint density at radius 2 is 1.96 bits per heavy atom. The second-order valence-corrected chi connectivity index (χ2v) is 6.54. The van der Waals surface area contributed by atoms with Crippen LogP contribution >= 0.6 is 11.6 Å². The Morgan fingerprint density at radius 1 is 1.19 bits per heavy atom. The van der Waals surface area contributed by atoms with Gasteiger partial charge in [0.25, 0.3) is 5.56 Å². The van der Waals surface area contributed by atoms with Gasteiger partial charge in [-0.3, -0.25) is 9.59 Å². The van der Waals surface area contributed by atoms with Crippen molar-refractivity contribution in [3.8, 4) is 5.75 Å². The third-order valence-corrected chi connectivity index (χ3v) is 4.40. The van der Waals surface area contributed by atoms with Crippen LogP contribution in [0.2, 0.25) is 5.02 Å². The average Bonchev–Trinajstić information content (AvgIpc) is 2.62. The zero-order chi connectivity index (χ0) is 19.4. The summed E-state index contributed by atoms with van der Waals surface area (Å²) in [5.41, 5.74) is 2.79. The maximum absolute atomic E-state index is 12.3. The van der Waals surface area contributed by atoms with E-state index in [0.29, 0.717) is 34.8 Å². The summed E-state index contributed by atoms with van der Waals surface area (Å²) in [6.45, 7) is 2.04. The van der Waals surface area contributed by atoms with Gasteiger partial charge in [0.1, 0.15) is 5.75 Å². The van der Waals surface area contributed by atoms with Gasteiger partial charge in [-0.2, -0.15) is 0 Å². The second-order valence-electron chi connectivity index (χ2n) is 6.14. The molecule has 3 rings (SSSR count). The quantitative estimate of drug-likeness (QED) is 0.602. The maximum Gasteiger partial charge on any atom is 0.251 e. The molecular weight excluding hydrogens is 366 g/mol. The summed E-state index contributed by atoms with van der Waals surface area (Å²) in [6.07, 6.45) is 0.541. The van der Waals surface area contributed by atoms with Crippen molar-refractivity contribution in [3.63, 3.8) is 0 Å². The van der Waals surface area contributed by atoms with E-state index >= 15 is 0 Å². The van der Waals surface area contributed by atoms with E-state index in [1.165, 1.54) is 14.0 Å². The number of nitrogens with one attached hydrogen (secondary N) is 3. The van der Waals surface area contributed by atoms with Crippen LogP contribution in [0.4, 0.5) is 11.4 Å². The van der Waals surface area contributed by atoms with E-state index in [-0.39, 0.29) is 11.5 Å². The number of pyridine rings is 1. The monoisotopic (exact) mass is 385 g/mol. The summed E-state index contributed by atoms with van der Waals surface area (Å²) in [4.78, 5) is 26.3. The number of ether oxygens (including phenoxy) is 1. The summed E-state index contributed by atoms with van der Waals surface area (Å²) < 4.78 is 5.18. The molecule has 1 amide bonds. The molecule has 2 aromatic carbocycles. The fourth-order valence-electron chi connectivity index (χ4n) is 2.85. The Balaban J connectivity index is 1.72. The molecule has 0 aliphatic heterocycles. The molecule has 0 fully saturated rings. The van der Waals surface area contributed by atoms with E-state index in [1.807, 2.05) is 30.3 Å². The van der Waals surface area contributed by atoms with E-state index in [9.17, 15) is 9.59 Å². The van der Waals surface area contributed by atoms with Crippen LogP contribution in [-0.2, 0) is 11.2 Å². The van der Waals surface area contributed by atoms with Gasteiger partial charge in [-0.1, -0.05) is 17.7 Å². The molecule has 27 heavy (non-hydrogen) atoms. The Hall–Kier alpha value is -2.99. The molecule has 1 aromatic heterocycles. The first-order chi connectivity index (χ1) is 13.0. The van der Waals surface area contributed by atoms with Gasteiger partial charge in [-0.25, -0.2) is 0 Å². The zero-order valence-electron chi connectivity index (χ0n) is 15.1. The van der Waals surface area contributed by atoms with Crippen molar-refractivity contribution in [3.05, 3.63) is 63.4 Å². The average molecular weight is 386 g/mol. The van der Waals surface area contributed by atoms with Crippen molar-refractivity contribution in [2.45, 2.75) is 13.3 Å². The number of anilines is 2. The van der Waals surface area contributed by atoms with Gasteiger partial charge < -0.3 is 20.4 Å². The predicted octanol–water partition coefficient (Wildman–Crippen LogP) is 3.80. The molecule has 0 bridgehead atoms. The van der Waals surface area contributed by atoms with Gasteiger partial charge in [-0.05, 0) is 36.8 Å². The van der Waals surface area contributed by atoms with Crippen LogP contribution in [-0.4, -0.2) is 24.5 Å². The number of fused-ring (bicyclic) bond motifs is 1. The van der Waals surface area contributed by atoms with Crippen molar-refractivity contribution in [1.29, 1.82) is 0 Å². The highest BCUT2D eigenvalue weighted by Gasteiger charge is 2.08. The van der Waals surface area contributed by atoms with Gasteiger partial charge in [0.2, 0.25) is 5.91 Å². The number of aromatic amines is 1. The number of amides is 1. The van der Waals surface area contributed by atoms with E-state index < -0.39 is 0 Å². The topological polar surface area (TPSA) is 83.2 Å². The number of benzene rings is 2. The Kier molecular flexibility index (Phi) is 5.66. The van der Waals surface area contributed by atoms with Crippen molar-refractivity contribution in [2.75, 3.05) is 24.3 Å². The van der Waals surface area contributed by atoms with Crippen molar-refractivity contribution >= 4 is 39.8 Å². The third kappa shape index (κ3) is 4.60. The highest BCUT2D eigenvalue weighted by Crippen LogP contribution is 2.28. The lowest BCUT2D eigenvalue weighted by atomic mass is 10.1. The van der Waals surface area contributed by atoms with E-state index in [2.05, 4.69) is 15.6 Å². The molecule has 0 unspecified atom stereocenters. The number of hydrogen-bond acceptors (Lipinski definition) is 4. The number of H-pyrrole nitrogens is 1. The lowest BCUT2D eigenvalue weighted by Crippen LogP contribution is -2.16. The van der Waals surface area contributed by atoms with Gasteiger partial charge >= 0.3 is 0 Å². The molecule has 0 radical (unpaired) electrons. The van der Waals surface area contributed by atoms with E-state index in [4.69, 9.17) is 16.3 Å². The highest BCUT2D eigenvalue weighted by molar-refractivity contribution is 6.32. The highest BCUT2D eigenvalue weighted by atomic mass is 35.5. The van der Waals surface area contributed by atoms with Crippen LogP contribution in [0.15, 0.2) is 47.3 Å². The van der Waals surface area contributed by atoms with Crippen molar-refractivity contribution < 1.29 is 9.53 Å². The predicted molar refractivity (Wildman–Crippen MR) is 109 cm³/mol. The number of carbonyl (C=O) groups is 1. The lowest BCUT2D eigenvalue weighted by Gasteiger charge is -2.10. The lowest BCUT2D eigenvalue weighted by molar-refractivity contribution is -0.114. The summed E-state index contributed by atoms with van der Waals surface area (Å²) in [5.74, 6) is 0.401. The fourth-order valence-corrected chi connectivity index (χ4v) is 3.10. The van der Waals surface area contributed by atoms with Crippen LogP contribution in [0.5, 0.6) is 5.75 Å². The summed E-state index contributed by atoms with van der Waals surface area (Å²) in [6, 6.07) is 12.8. The summed E-state index contributed by atoms with van der Waals surface area (Å²) >= 11 is 6.17. The molecule has 0 atom stereocenters. The first-order valence-electron chi connectivity index (χ1n) is 8.47. The third-order valence-electron chi connectivity index (χ3n) is 4.10. The molecule has 0 spiro atoms. The van der Waals surface area contributed by atoms with E-state index in [1.54, 1.807) is 12.1 Å². The van der Waals surface area contributed by atoms with Gasteiger partial charge in [-0.15, -0.1) is 0 Å². The minimum absolute atomic E-state index is 0.120. The Bertz CT molecular complexity index is 1050. The molecule has 0 saturated heterocycles. The van der Waals surface area contributed by atoms with Gasteiger partial charge in [0, 0.05) is 41.9 Å². The smallest absolute Gasteiger partial charge is 0.251 e. The second kappa shape index (κ2) is 8.14. The number of hydrogen-bond donors (Lipinski definition) is 3. The van der Waals surface area contributed by atoms with Crippen molar-refractivity contribution in [1.82, 2.24) is 4.98 Å². The van der Waals surface area contributed by atoms with Crippen LogP contribution in [0.25, 0.3) is 10.9 Å². The van der Waals surface area contributed by atoms with Gasteiger partial charge in [0.15, 0.2) is 0 Å². The fraction of sp³-hybridized carbons (Fsp3) is 0.200. The Labute approximate surface area is 161 Å². The minimum atomic E-state index is -0.138. The number of aromatic nitrogens is 1. The summed E-state index contributed by atoms with van der Waals surface area (Å²) in [5, 5.41) is 7.35. The SMILES string of the molecule is COc1cc2[nH]c(=O)c(CCNc3cccc(NC(C)=O)c3)cc2cc1Cl. The number of rotatable bonds is 6. The molecule has 140 valence electrons. The van der Waals surface area contributed by atoms with Crippen LogP contribution in [0.3, 0.4) is 0 Å². The Morgan fingerprint density at radius 3 is 2.70 bits per heavy atom. The van der Waals surface area contributed by atoms with E-state index in [0.717, 1.165) is 16.8 Å². The molecule has 3 N–H and O–H groups in total. The first-order valence-corrected chi connectivity index (χ1v) is 8.85. The molecule has 0 saturated carbocycles. The molecule has 7 heteroatoms. The minimum Gasteiger partial charge on any atom is -0.495 e. The maximum atomic E-state index is 12.3. The van der Waals surface area contributed by atoms with Crippen LogP contribution < -0.4 is 20.9 Å². The first kappa shape index (κ1) is 18.8. The number of methoxy groups -OCH3 is 1. The summed E-state index contributed by atoms with van der Waals surface area (Å²) in [7, 11) is 1.53. The number of halogens is 1.